The summed E-state index contributed by atoms with van der Waals surface area (Å²) in [6, 6.07) is 6.85. The van der Waals surface area contributed by atoms with E-state index < -0.39 is 17.0 Å². The number of nitrogens with zero attached hydrogens (tertiary/aromatic N) is 3. The quantitative estimate of drug-likeness (QED) is 0.695. The second-order valence-electron chi connectivity index (χ2n) is 5.39. The molecular weight excluding hydrogens is 312 g/mol. The van der Waals surface area contributed by atoms with Gasteiger partial charge in [0, 0.05) is 13.2 Å². The highest BCUT2D eigenvalue weighted by Crippen LogP contribution is 2.07. The summed E-state index contributed by atoms with van der Waals surface area (Å²) >= 11 is 0. The predicted molar refractivity (Wildman–Crippen MR) is 86.5 cm³/mol. The number of hydrogen-bond acceptors (Lipinski definition) is 5. The lowest BCUT2D eigenvalue weighted by molar-refractivity contribution is -0.121. The summed E-state index contributed by atoms with van der Waals surface area (Å²) < 4.78 is 7.68. The lowest BCUT2D eigenvalue weighted by Gasteiger charge is -2.11. The molecule has 0 aliphatic heterocycles. The van der Waals surface area contributed by atoms with E-state index in [-0.39, 0.29) is 13.1 Å². The molecule has 124 valence electrons. The van der Waals surface area contributed by atoms with Gasteiger partial charge in [-0.1, -0.05) is 0 Å². The number of fused-ring (bicyclic) bond motifs is 1. The van der Waals surface area contributed by atoms with Crippen LogP contribution in [0.3, 0.4) is 0 Å². The van der Waals surface area contributed by atoms with Gasteiger partial charge in [-0.2, -0.15) is 0 Å². The Kier molecular flexibility index (Phi) is 4.03. The van der Waals surface area contributed by atoms with Crippen LogP contribution in [0.5, 0.6) is 0 Å². The Morgan fingerprint density at radius 3 is 2.75 bits per heavy atom. The highest BCUT2D eigenvalue weighted by molar-refractivity contribution is 5.78. The van der Waals surface area contributed by atoms with E-state index in [1.165, 1.54) is 17.8 Å². The van der Waals surface area contributed by atoms with Gasteiger partial charge >= 0.3 is 11.1 Å². The first-order valence-corrected chi connectivity index (χ1v) is 7.34. The van der Waals surface area contributed by atoms with Gasteiger partial charge in [-0.15, -0.1) is 0 Å². The Balaban J connectivity index is 1.88. The van der Waals surface area contributed by atoms with Crippen molar-refractivity contribution in [2.45, 2.75) is 20.0 Å². The first-order chi connectivity index (χ1) is 11.5. The molecule has 0 aliphatic rings. The third kappa shape index (κ3) is 2.85. The summed E-state index contributed by atoms with van der Waals surface area (Å²) in [5.41, 5.74) is -0.720. The van der Waals surface area contributed by atoms with Gasteiger partial charge in [-0.05, 0) is 31.2 Å². The van der Waals surface area contributed by atoms with E-state index >= 15 is 0 Å². The highest BCUT2D eigenvalue weighted by Gasteiger charge is 2.14. The Hall–Kier alpha value is -3.16. The molecular formula is C16H16N4O4. The van der Waals surface area contributed by atoms with Gasteiger partial charge in [0.25, 0.3) is 0 Å². The predicted octanol–water partition coefficient (Wildman–Crippen LogP) is 0.313. The lowest BCUT2D eigenvalue weighted by atomic mass is 10.3. The molecule has 8 nitrogen and oxygen atoms in total. The van der Waals surface area contributed by atoms with Crippen LogP contribution in [0.2, 0.25) is 0 Å². The normalized spacial score (nSPS) is 10.9. The number of furan rings is 1. The molecule has 1 N–H and O–H groups in total. The zero-order chi connectivity index (χ0) is 17.3. The third-order valence-corrected chi connectivity index (χ3v) is 3.66. The number of carbonyl (C=O) groups is 1. The number of hydrogen-bond donors (Lipinski definition) is 1. The summed E-state index contributed by atoms with van der Waals surface area (Å²) in [6.07, 6.45) is 1.52. The fraction of sp³-hybridized carbons (Fsp3) is 0.250. The van der Waals surface area contributed by atoms with Crippen LogP contribution in [0.1, 0.15) is 11.5 Å². The van der Waals surface area contributed by atoms with Crippen molar-refractivity contribution in [1.29, 1.82) is 0 Å². The highest BCUT2D eigenvalue weighted by atomic mass is 16.3. The second kappa shape index (κ2) is 6.15. The zero-order valence-corrected chi connectivity index (χ0v) is 13.3. The molecule has 0 saturated heterocycles. The van der Waals surface area contributed by atoms with Gasteiger partial charge in [0.1, 0.15) is 18.1 Å². The van der Waals surface area contributed by atoms with Gasteiger partial charge in [-0.25, -0.2) is 4.98 Å². The minimum absolute atomic E-state index is 0.211. The largest absolute Gasteiger partial charge is 0.465 e. The Morgan fingerprint density at radius 1 is 1.25 bits per heavy atom. The average Bonchev–Trinajstić information content (AvgIpc) is 3.00. The standard InChI is InChI=1S/C16H16N4O4/c1-10-5-6-11(24-10)8-18-13(21)9-20-12-4-3-7-17-14(12)19(2)15(22)16(20)23/h3-7H,8-9H2,1-2H3,(H,18,21). The van der Waals surface area contributed by atoms with Gasteiger partial charge in [0.15, 0.2) is 5.65 Å². The number of amides is 1. The number of pyridine rings is 1. The molecule has 3 aromatic heterocycles. The molecule has 0 radical (unpaired) electrons. The van der Waals surface area contributed by atoms with Gasteiger partial charge in [0.2, 0.25) is 5.91 Å². The van der Waals surface area contributed by atoms with Crippen molar-refractivity contribution in [3.05, 3.63) is 62.7 Å². The maximum atomic E-state index is 12.2. The number of rotatable bonds is 4. The minimum atomic E-state index is -0.762. The molecule has 8 heteroatoms. The fourth-order valence-electron chi connectivity index (χ4n) is 2.44. The van der Waals surface area contributed by atoms with Crippen LogP contribution >= 0.6 is 0 Å². The Bertz CT molecular complexity index is 1030. The van der Waals surface area contributed by atoms with E-state index in [0.717, 1.165) is 10.3 Å². The summed E-state index contributed by atoms with van der Waals surface area (Å²) in [6.45, 7) is 1.75. The smallest absolute Gasteiger partial charge is 0.317 e. The zero-order valence-electron chi connectivity index (χ0n) is 13.3. The van der Waals surface area contributed by atoms with Crippen molar-refractivity contribution in [3.63, 3.8) is 0 Å². The van der Waals surface area contributed by atoms with Crippen molar-refractivity contribution < 1.29 is 9.21 Å². The van der Waals surface area contributed by atoms with Crippen molar-refractivity contribution >= 4 is 17.1 Å². The molecule has 0 bridgehead atoms. The van der Waals surface area contributed by atoms with Crippen LogP contribution in [0.4, 0.5) is 0 Å². The monoisotopic (exact) mass is 328 g/mol. The molecule has 3 heterocycles. The van der Waals surface area contributed by atoms with Crippen LogP contribution in [0, 0.1) is 6.92 Å². The van der Waals surface area contributed by atoms with E-state index in [0.29, 0.717) is 16.9 Å². The molecule has 0 atom stereocenters. The molecule has 3 aromatic rings. The summed E-state index contributed by atoms with van der Waals surface area (Å²) in [4.78, 5) is 40.5. The third-order valence-electron chi connectivity index (χ3n) is 3.66. The fourth-order valence-corrected chi connectivity index (χ4v) is 2.44. The summed E-state index contributed by atoms with van der Waals surface area (Å²) in [5, 5.41) is 2.67. The number of carbonyl (C=O) groups excluding carboxylic acids is 1. The minimum Gasteiger partial charge on any atom is -0.465 e. The number of nitrogens with one attached hydrogen (secondary N) is 1. The Morgan fingerprint density at radius 2 is 2.04 bits per heavy atom. The van der Waals surface area contributed by atoms with Crippen LogP contribution in [0.25, 0.3) is 11.2 Å². The van der Waals surface area contributed by atoms with Crippen LogP contribution < -0.4 is 16.4 Å². The van der Waals surface area contributed by atoms with E-state index in [1.54, 1.807) is 24.3 Å². The van der Waals surface area contributed by atoms with Crippen LogP contribution in [-0.2, 0) is 24.9 Å². The average molecular weight is 328 g/mol. The summed E-state index contributed by atoms with van der Waals surface area (Å²) in [5.74, 6) is 0.965. The van der Waals surface area contributed by atoms with Crippen molar-refractivity contribution in [3.8, 4) is 0 Å². The molecule has 0 aliphatic carbocycles. The first-order valence-electron chi connectivity index (χ1n) is 7.34. The van der Waals surface area contributed by atoms with E-state index in [1.807, 2.05) is 6.92 Å². The van der Waals surface area contributed by atoms with Gasteiger partial charge in [0.05, 0.1) is 12.1 Å². The van der Waals surface area contributed by atoms with Crippen molar-refractivity contribution in [2.75, 3.05) is 0 Å². The van der Waals surface area contributed by atoms with Gasteiger partial charge < -0.3 is 9.73 Å². The lowest BCUT2D eigenvalue weighted by Crippen LogP contribution is -2.43. The van der Waals surface area contributed by atoms with Crippen molar-refractivity contribution in [1.82, 2.24) is 19.4 Å². The first kappa shape index (κ1) is 15.7. The SMILES string of the molecule is Cc1ccc(CNC(=O)Cn2c(=O)c(=O)n(C)c3ncccc32)o1. The maximum Gasteiger partial charge on any atom is 0.317 e. The molecule has 1 amide bonds. The Labute approximate surface area is 136 Å². The van der Waals surface area contributed by atoms with E-state index in [2.05, 4.69) is 10.3 Å². The molecule has 0 saturated carbocycles. The molecule has 3 rings (SSSR count). The number of aromatic nitrogens is 3. The maximum absolute atomic E-state index is 12.2. The number of aryl methyl sites for hydroxylation is 2. The topological polar surface area (TPSA) is 99.1 Å². The van der Waals surface area contributed by atoms with E-state index in [4.69, 9.17) is 4.42 Å². The molecule has 0 unspecified atom stereocenters. The molecule has 24 heavy (non-hydrogen) atoms. The van der Waals surface area contributed by atoms with E-state index in [9.17, 15) is 14.4 Å². The molecule has 0 spiro atoms. The van der Waals surface area contributed by atoms with Crippen LogP contribution in [-0.4, -0.2) is 20.0 Å². The second-order valence-corrected chi connectivity index (χ2v) is 5.39. The van der Waals surface area contributed by atoms with Crippen molar-refractivity contribution in [2.24, 2.45) is 7.05 Å². The molecule has 0 fully saturated rings. The van der Waals surface area contributed by atoms with Crippen LogP contribution in [0.15, 0.2) is 44.5 Å². The molecule has 0 aromatic carbocycles. The van der Waals surface area contributed by atoms with Gasteiger partial charge in [-0.3, -0.25) is 23.5 Å². The summed E-state index contributed by atoms with van der Waals surface area (Å²) in [7, 11) is 1.47.